The maximum atomic E-state index is 14.3. The number of hydrogen-bond donors (Lipinski definition) is 0. The van der Waals surface area contributed by atoms with Gasteiger partial charge in [-0.05, 0) is 43.7 Å². The Kier molecular flexibility index (Phi) is 6.75. The first-order chi connectivity index (χ1) is 13.4. The van der Waals surface area contributed by atoms with Crippen LogP contribution in [-0.2, 0) is 11.3 Å². The van der Waals surface area contributed by atoms with E-state index in [0.717, 1.165) is 25.9 Å². The number of rotatable bonds is 6. The molecule has 0 bridgehead atoms. The Morgan fingerprint density at radius 2 is 1.89 bits per heavy atom. The second-order valence-corrected chi connectivity index (χ2v) is 9.37. The minimum absolute atomic E-state index is 0.142. The lowest BCUT2D eigenvalue weighted by Gasteiger charge is -2.32. The largest absolute Gasteiger partial charge is 0.342 e. The molecule has 2 aromatic rings. The molecule has 1 aromatic heterocycles. The van der Waals surface area contributed by atoms with Crippen LogP contribution in [0.1, 0.15) is 40.5 Å². The normalized spacial score (nSPS) is 16.6. The number of carbonyl (C=O) groups is 1. The number of amides is 1. The number of benzene rings is 1. The number of halogens is 1. The van der Waals surface area contributed by atoms with Crippen molar-refractivity contribution in [2.75, 3.05) is 13.1 Å². The number of aromatic nitrogens is 3. The molecule has 0 N–H and O–H groups in total. The van der Waals surface area contributed by atoms with Gasteiger partial charge in [0.1, 0.15) is 5.82 Å². The van der Waals surface area contributed by atoms with Crippen LogP contribution in [0.2, 0.25) is 0 Å². The van der Waals surface area contributed by atoms with Crippen LogP contribution >= 0.6 is 11.8 Å². The minimum atomic E-state index is -0.317. The molecule has 0 saturated carbocycles. The lowest BCUT2D eigenvalue weighted by molar-refractivity contribution is -0.131. The summed E-state index contributed by atoms with van der Waals surface area (Å²) in [7, 11) is 0. The first-order valence-electron chi connectivity index (χ1n) is 10.00. The van der Waals surface area contributed by atoms with Crippen LogP contribution in [0.3, 0.4) is 0 Å². The Balaban J connectivity index is 1.81. The SMILES string of the molecule is CC(C)Cn1c(S[C@@H](C)C(=O)N2CCC(C)CC2)nnc1-c1ccccc1F. The third kappa shape index (κ3) is 4.74. The molecule has 2 heterocycles. The van der Waals surface area contributed by atoms with Crippen molar-refractivity contribution in [3.8, 4) is 11.4 Å². The van der Waals surface area contributed by atoms with Crippen LogP contribution in [0.4, 0.5) is 4.39 Å². The molecule has 7 heteroatoms. The van der Waals surface area contributed by atoms with E-state index in [1.54, 1.807) is 18.2 Å². The van der Waals surface area contributed by atoms with E-state index in [-0.39, 0.29) is 17.0 Å². The van der Waals surface area contributed by atoms with Crippen molar-refractivity contribution in [3.63, 3.8) is 0 Å². The molecule has 1 aliphatic heterocycles. The number of likely N-dealkylation sites (tertiary alicyclic amines) is 1. The van der Waals surface area contributed by atoms with E-state index in [2.05, 4.69) is 31.0 Å². The second-order valence-electron chi connectivity index (χ2n) is 8.06. The highest BCUT2D eigenvalue weighted by Crippen LogP contribution is 2.30. The van der Waals surface area contributed by atoms with Gasteiger partial charge in [0.05, 0.1) is 10.8 Å². The van der Waals surface area contributed by atoms with E-state index < -0.39 is 0 Å². The predicted octanol–water partition coefficient (Wildman–Crippen LogP) is 4.48. The van der Waals surface area contributed by atoms with Gasteiger partial charge in [-0.3, -0.25) is 4.79 Å². The Hall–Kier alpha value is -1.89. The summed E-state index contributed by atoms with van der Waals surface area (Å²) in [5, 5.41) is 8.98. The van der Waals surface area contributed by atoms with Gasteiger partial charge in [-0.15, -0.1) is 10.2 Å². The van der Waals surface area contributed by atoms with E-state index >= 15 is 0 Å². The fourth-order valence-corrected chi connectivity index (χ4v) is 4.38. The summed E-state index contributed by atoms with van der Waals surface area (Å²) in [4.78, 5) is 14.8. The van der Waals surface area contributed by atoms with Crippen molar-refractivity contribution in [1.82, 2.24) is 19.7 Å². The van der Waals surface area contributed by atoms with E-state index in [4.69, 9.17) is 0 Å². The summed E-state index contributed by atoms with van der Waals surface area (Å²) in [5.41, 5.74) is 0.437. The number of nitrogens with zero attached hydrogens (tertiary/aromatic N) is 4. The van der Waals surface area contributed by atoms with Gasteiger partial charge >= 0.3 is 0 Å². The van der Waals surface area contributed by atoms with Crippen LogP contribution in [0.25, 0.3) is 11.4 Å². The van der Waals surface area contributed by atoms with Gasteiger partial charge < -0.3 is 9.47 Å². The highest BCUT2D eigenvalue weighted by Gasteiger charge is 2.27. The standard InChI is InChI=1S/C21H29FN4OS/c1-14(2)13-26-19(17-7-5-6-8-18(17)22)23-24-21(26)28-16(4)20(27)25-11-9-15(3)10-12-25/h5-8,14-16H,9-13H2,1-4H3/t16-/m0/s1. The van der Waals surface area contributed by atoms with E-state index in [1.807, 2.05) is 16.4 Å². The zero-order valence-corrected chi connectivity index (χ0v) is 17.9. The van der Waals surface area contributed by atoms with Gasteiger partial charge in [0, 0.05) is 19.6 Å². The van der Waals surface area contributed by atoms with Crippen molar-refractivity contribution in [2.45, 2.75) is 57.5 Å². The van der Waals surface area contributed by atoms with Crippen LogP contribution in [-0.4, -0.2) is 43.9 Å². The molecule has 1 saturated heterocycles. The topological polar surface area (TPSA) is 51.0 Å². The Morgan fingerprint density at radius 1 is 1.21 bits per heavy atom. The average molecular weight is 405 g/mol. The molecule has 1 atom stereocenters. The zero-order valence-electron chi connectivity index (χ0n) is 17.1. The lowest BCUT2D eigenvalue weighted by atomic mass is 9.99. The molecule has 0 radical (unpaired) electrons. The maximum Gasteiger partial charge on any atom is 0.235 e. The summed E-state index contributed by atoms with van der Waals surface area (Å²) in [5.74, 6) is 1.37. The lowest BCUT2D eigenvalue weighted by Crippen LogP contribution is -2.41. The Labute approximate surface area is 170 Å². The van der Waals surface area contributed by atoms with Gasteiger partial charge in [-0.25, -0.2) is 4.39 Å². The van der Waals surface area contributed by atoms with Gasteiger partial charge in [0.2, 0.25) is 5.91 Å². The molecule has 1 fully saturated rings. The fraction of sp³-hybridized carbons (Fsp3) is 0.571. The second kappa shape index (κ2) is 9.07. The van der Waals surface area contributed by atoms with Crippen LogP contribution in [0, 0.1) is 17.7 Å². The predicted molar refractivity (Wildman–Crippen MR) is 111 cm³/mol. The van der Waals surface area contributed by atoms with Crippen LogP contribution < -0.4 is 0 Å². The van der Waals surface area contributed by atoms with Crippen molar-refractivity contribution in [2.24, 2.45) is 11.8 Å². The quantitative estimate of drug-likeness (QED) is 0.666. The number of thioether (sulfide) groups is 1. The fourth-order valence-electron chi connectivity index (χ4n) is 3.44. The molecule has 0 unspecified atom stereocenters. The molecular weight excluding hydrogens is 375 g/mol. The molecule has 152 valence electrons. The van der Waals surface area contributed by atoms with Gasteiger partial charge in [-0.2, -0.15) is 0 Å². The smallest absolute Gasteiger partial charge is 0.235 e. The van der Waals surface area contributed by atoms with Crippen LogP contribution in [0.5, 0.6) is 0 Å². The molecule has 0 spiro atoms. The summed E-state index contributed by atoms with van der Waals surface area (Å²) in [6.07, 6.45) is 2.12. The van der Waals surface area contributed by atoms with Crippen molar-refractivity contribution in [1.29, 1.82) is 0 Å². The summed E-state index contributed by atoms with van der Waals surface area (Å²) in [6, 6.07) is 6.61. The Morgan fingerprint density at radius 3 is 2.54 bits per heavy atom. The summed E-state index contributed by atoms with van der Waals surface area (Å²) < 4.78 is 16.3. The average Bonchev–Trinajstić information content (AvgIpc) is 3.03. The van der Waals surface area contributed by atoms with Gasteiger partial charge in [0.15, 0.2) is 11.0 Å². The molecule has 3 rings (SSSR count). The van der Waals surface area contributed by atoms with E-state index in [9.17, 15) is 9.18 Å². The van der Waals surface area contributed by atoms with Crippen molar-refractivity contribution in [3.05, 3.63) is 30.1 Å². The third-order valence-electron chi connectivity index (χ3n) is 5.10. The molecule has 28 heavy (non-hydrogen) atoms. The maximum absolute atomic E-state index is 14.3. The number of carbonyl (C=O) groups excluding carboxylic acids is 1. The molecule has 5 nitrogen and oxygen atoms in total. The third-order valence-corrected chi connectivity index (χ3v) is 6.17. The number of hydrogen-bond acceptors (Lipinski definition) is 4. The molecule has 1 amide bonds. The van der Waals surface area contributed by atoms with Gasteiger partial charge in [0.25, 0.3) is 0 Å². The monoisotopic (exact) mass is 404 g/mol. The number of piperidine rings is 1. The highest BCUT2D eigenvalue weighted by atomic mass is 32.2. The minimum Gasteiger partial charge on any atom is -0.342 e. The van der Waals surface area contributed by atoms with Crippen molar-refractivity contribution >= 4 is 17.7 Å². The Bertz CT molecular complexity index is 814. The highest BCUT2D eigenvalue weighted by molar-refractivity contribution is 8.00. The molecule has 1 aliphatic rings. The van der Waals surface area contributed by atoms with Crippen molar-refractivity contribution < 1.29 is 9.18 Å². The molecule has 0 aliphatic carbocycles. The first kappa shape index (κ1) is 20.8. The molecular formula is C21H29FN4OS. The zero-order chi connectivity index (χ0) is 20.3. The van der Waals surface area contributed by atoms with E-state index in [0.29, 0.717) is 34.9 Å². The van der Waals surface area contributed by atoms with Crippen LogP contribution in [0.15, 0.2) is 29.4 Å². The van der Waals surface area contributed by atoms with Gasteiger partial charge in [-0.1, -0.05) is 44.7 Å². The summed E-state index contributed by atoms with van der Waals surface area (Å²) in [6.45, 7) is 10.7. The first-order valence-corrected chi connectivity index (χ1v) is 10.9. The summed E-state index contributed by atoms with van der Waals surface area (Å²) >= 11 is 1.41. The van der Waals surface area contributed by atoms with E-state index in [1.165, 1.54) is 17.8 Å². The molecule has 1 aromatic carbocycles.